The maximum Gasteiger partial charge on any atom is 0.306 e. The van der Waals surface area contributed by atoms with Crippen molar-refractivity contribution in [3.8, 4) is 0 Å². The summed E-state index contributed by atoms with van der Waals surface area (Å²) in [6.45, 7) is 3.60. The Morgan fingerprint density at radius 1 is 0.574 bits per heavy atom. The number of aliphatic hydroxyl groups excluding tert-OH is 3. The highest BCUT2D eigenvalue weighted by Gasteiger charge is 2.46. The number of carbonyl (C=O) groups is 2. The predicted octanol–water partition coefficient (Wildman–Crippen LogP) is 9.73. The molecule has 4 N–H and O–H groups in total. The molecule has 0 amide bonds. The molecule has 0 aromatic carbocycles. The topological polar surface area (TPSA) is 186 Å². The maximum atomic E-state index is 12.8. The number of hydrogen-bond donors (Lipinski definition) is 4. The van der Waals surface area contributed by atoms with Crippen molar-refractivity contribution in [2.75, 3.05) is 19.0 Å². The molecule has 61 heavy (non-hydrogen) atoms. The Morgan fingerprint density at radius 2 is 1.03 bits per heavy atom. The van der Waals surface area contributed by atoms with Crippen molar-refractivity contribution in [2.24, 2.45) is 0 Å². The standard InChI is InChI=1S/C48H82O12S/c1-3-5-7-9-11-13-15-17-19-20-21-23-24-26-28-30-32-34-36-43(49)57-38-41(39-58-48-47(53)46(52)45(51)42(60-48)40-61(54,55)56)59-44(50)37-35-33-31-29-27-25-22-18-16-14-12-10-8-6-4-2/h6,8,12,14,18-20,22,27,29,41-42,45-48,51-53H,3-5,7,9-11,13,15-17,21,23-26,28,30-40H2,1-2H3,(H,54,55,56)/b8-6-,14-12-,20-19-,22-18-,29-27-. The monoisotopic (exact) mass is 883 g/mol. The molecule has 0 radical (unpaired) electrons. The molecule has 1 aliphatic rings. The van der Waals surface area contributed by atoms with Crippen LogP contribution >= 0.6 is 0 Å². The Morgan fingerprint density at radius 3 is 1.59 bits per heavy atom. The highest BCUT2D eigenvalue weighted by molar-refractivity contribution is 7.85. The summed E-state index contributed by atoms with van der Waals surface area (Å²) >= 11 is 0. The number of unbranched alkanes of at least 4 members (excludes halogenated alkanes) is 16. The second-order valence-corrected chi connectivity index (χ2v) is 17.5. The minimum absolute atomic E-state index is 0.109. The van der Waals surface area contributed by atoms with E-state index in [4.69, 9.17) is 18.9 Å². The van der Waals surface area contributed by atoms with Crippen LogP contribution in [0.25, 0.3) is 0 Å². The van der Waals surface area contributed by atoms with Gasteiger partial charge in [0.25, 0.3) is 10.1 Å². The molecule has 1 heterocycles. The highest BCUT2D eigenvalue weighted by atomic mass is 32.2. The van der Waals surface area contributed by atoms with Gasteiger partial charge in [0.2, 0.25) is 0 Å². The maximum absolute atomic E-state index is 12.8. The van der Waals surface area contributed by atoms with Crippen molar-refractivity contribution >= 4 is 22.1 Å². The Kier molecular flexibility index (Phi) is 35.0. The van der Waals surface area contributed by atoms with E-state index in [-0.39, 0.29) is 19.4 Å². The Balaban J connectivity index is 2.45. The molecule has 6 atom stereocenters. The van der Waals surface area contributed by atoms with Gasteiger partial charge in [-0.2, -0.15) is 8.42 Å². The zero-order chi connectivity index (χ0) is 44.8. The minimum atomic E-state index is -4.61. The van der Waals surface area contributed by atoms with Crippen LogP contribution in [0.1, 0.15) is 174 Å². The van der Waals surface area contributed by atoms with Crippen LogP contribution in [0.2, 0.25) is 0 Å². The van der Waals surface area contributed by atoms with Crippen molar-refractivity contribution in [2.45, 2.75) is 211 Å². The molecule has 0 aromatic rings. The molecule has 1 rings (SSSR count). The smallest absolute Gasteiger partial charge is 0.306 e. The van der Waals surface area contributed by atoms with Crippen LogP contribution in [0, 0.1) is 0 Å². The molecule has 0 bridgehead atoms. The van der Waals surface area contributed by atoms with Gasteiger partial charge < -0.3 is 34.3 Å². The molecule has 13 heteroatoms. The van der Waals surface area contributed by atoms with Gasteiger partial charge in [-0.05, 0) is 77.0 Å². The molecule has 0 aromatic heterocycles. The molecule has 1 saturated heterocycles. The summed E-state index contributed by atoms with van der Waals surface area (Å²) in [6, 6.07) is 0. The van der Waals surface area contributed by atoms with E-state index in [0.717, 1.165) is 64.2 Å². The zero-order valence-electron chi connectivity index (χ0n) is 37.5. The van der Waals surface area contributed by atoms with Crippen LogP contribution in [0.3, 0.4) is 0 Å². The van der Waals surface area contributed by atoms with Gasteiger partial charge in [0.05, 0.1) is 6.61 Å². The second-order valence-electron chi connectivity index (χ2n) is 16.0. The van der Waals surface area contributed by atoms with E-state index in [1.165, 1.54) is 70.6 Å². The Hall–Kier alpha value is -2.65. The summed E-state index contributed by atoms with van der Waals surface area (Å²) in [5.74, 6) is -2.05. The number of aliphatic hydroxyl groups is 3. The second kappa shape index (κ2) is 37.9. The van der Waals surface area contributed by atoms with Gasteiger partial charge in [-0.15, -0.1) is 0 Å². The number of allylic oxidation sites excluding steroid dienone is 10. The Bertz CT molecular complexity index is 1360. The molecular formula is C48H82O12S. The summed E-state index contributed by atoms with van der Waals surface area (Å²) in [7, 11) is -4.61. The van der Waals surface area contributed by atoms with E-state index in [1.54, 1.807) is 0 Å². The van der Waals surface area contributed by atoms with Crippen molar-refractivity contribution in [3.05, 3.63) is 60.8 Å². The van der Waals surface area contributed by atoms with E-state index >= 15 is 0 Å². The zero-order valence-corrected chi connectivity index (χ0v) is 38.3. The van der Waals surface area contributed by atoms with Gasteiger partial charge in [0.15, 0.2) is 12.4 Å². The van der Waals surface area contributed by atoms with Crippen molar-refractivity contribution in [3.63, 3.8) is 0 Å². The van der Waals surface area contributed by atoms with Crippen LogP contribution in [0.15, 0.2) is 60.8 Å². The van der Waals surface area contributed by atoms with Gasteiger partial charge >= 0.3 is 11.9 Å². The average molecular weight is 883 g/mol. The molecule has 0 spiro atoms. The first-order valence-electron chi connectivity index (χ1n) is 23.3. The average Bonchev–Trinajstić information content (AvgIpc) is 3.22. The Labute approximate surface area is 368 Å². The lowest BCUT2D eigenvalue weighted by Gasteiger charge is -2.40. The normalized spacial score (nSPS) is 20.5. The van der Waals surface area contributed by atoms with E-state index in [0.29, 0.717) is 12.8 Å². The van der Waals surface area contributed by atoms with Crippen LogP contribution in [-0.2, 0) is 38.7 Å². The van der Waals surface area contributed by atoms with Crippen LogP contribution in [-0.4, -0.2) is 96.0 Å². The molecule has 12 nitrogen and oxygen atoms in total. The summed E-state index contributed by atoms with van der Waals surface area (Å²) in [4.78, 5) is 25.4. The van der Waals surface area contributed by atoms with Crippen LogP contribution in [0.4, 0.5) is 0 Å². The number of hydrogen-bond acceptors (Lipinski definition) is 11. The van der Waals surface area contributed by atoms with Gasteiger partial charge in [-0.3, -0.25) is 14.1 Å². The summed E-state index contributed by atoms with van der Waals surface area (Å²) < 4.78 is 54.0. The van der Waals surface area contributed by atoms with Gasteiger partial charge in [0, 0.05) is 12.8 Å². The molecule has 352 valence electrons. The van der Waals surface area contributed by atoms with Crippen molar-refractivity contribution < 1.29 is 56.8 Å². The summed E-state index contributed by atoms with van der Waals surface area (Å²) in [6.07, 6.45) is 37.0. The van der Waals surface area contributed by atoms with Crippen molar-refractivity contribution in [1.82, 2.24) is 0 Å². The fourth-order valence-electron chi connectivity index (χ4n) is 6.72. The number of ether oxygens (including phenoxy) is 4. The van der Waals surface area contributed by atoms with Gasteiger partial charge in [0.1, 0.15) is 36.8 Å². The third-order valence-electron chi connectivity index (χ3n) is 10.3. The van der Waals surface area contributed by atoms with E-state index < -0.39 is 71.2 Å². The third kappa shape index (κ3) is 32.7. The molecule has 6 unspecified atom stereocenters. The molecular weight excluding hydrogens is 801 g/mol. The van der Waals surface area contributed by atoms with Gasteiger partial charge in [-0.1, -0.05) is 145 Å². The molecule has 1 fully saturated rings. The fourth-order valence-corrected chi connectivity index (χ4v) is 7.41. The third-order valence-corrected chi connectivity index (χ3v) is 11.1. The lowest BCUT2D eigenvalue weighted by Crippen LogP contribution is -2.60. The number of carbonyl (C=O) groups excluding carboxylic acids is 2. The largest absolute Gasteiger partial charge is 0.462 e. The first-order chi connectivity index (χ1) is 29.5. The molecule has 0 aliphatic carbocycles. The van der Waals surface area contributed by atoms with Crippen LogP contribution in [0.5, 0.6) is 0 Å². The highest BCUT2D eigenvalue weighted by Crippen LogP contribution is 2.24. The quantitative estimate of drug-likeness (QED) is 0.0199. The van der Waals surface area contributed by atoms with Crippen molar-refractivity contribution in [1.29, 1.82) is 0 Å². The van der Waals surface area contributed by atoms with E-state index in [1.807, 2.05) is 0 Å². The first-order valence-corrected chi connectivity index (χ1v) is 25.0. The van der Waals surface area contributed by atoms with E-state index in [9.17, 15) is 37.9 Å². The number of esters is 2. The lowest BCUT2D eigenvalue weighted by atomic mass is 10.00. The first kappa shape index (κ1) is 56.4. The fraction of sp³-hybridized carbons (Fsp3) is 0.750. The SMILES string of the molecule is CC/C=C\C/C=C\C/C=C\C/C=C\CCCCC(=O)OC(COC(=O)CCCCCCCCC/C=C\CCCCCCCCC)COC1OC(CS(=O)(=O)O)C(O)C(O)C1O. The van der Waals surface area contributed by atoms with Crippen LogP contribution < -0.4 is 0 Å². The van der Waals surface area contributed by atoms with E-state index in [2.05, 4.69) is 74.6 Å². The lowest BCUT2D eigenvalue weighted by molar-refractivity contribution is -0.297. The predicted molar refractivity (Wildman–Crippen MR) is 242 cm³/mol. The minimum Gasteiger partial charge on any atom is -0.462 e. The summed E-state index contributed by atoms with van der Waals surface area (Å²) in [5, 5.41) is 30.9. The summed E-state index contributed by atoms with van der Waals surface area (Å²) in [5.41, 5.74) is 0. The number of rotatable bonds is 38. The molecule has 1 aliphatic heterocycles. The molecule has 0 saturated carbocycles. The van der Waals surface area contributed by atoms with Gasteiger partial charge in [-0.25, -0.2) is 0 Å².